The number of anilines is 1. The van der Waals surface area contributed by atoms with Crippen LogP contribution in [-0.2, 0) is 4.79 Å². The molecule has 1 atom stereocenters. The van der Waals surface area contributed by atoms with Crippen LogP contribution in [0.4, 0.5) is 14.5 Å². The molecule has 122 valence electrons. The van der Waals surface area contributed by atoms with Crippen LogP contribution in [0.15, 0.2) is 42.5 Å². The number of nitrogens with one attached hydrogen (secondary N) is 1. The number of benzene rings is 2. The molecule has 0 unspecified atom stereocenters. The maximum atomic E-state index is 13.6. The van der Waals surface area contributed by atoms with E-state index in [9.17, 15) is 13.6 Å². The van der Waals surface area contributed by atoms with Gasteiger partial charge in [-0.3, -0.25) is 4.79 Å². The Kier molecular flexibility index (Phi) is 5.51. The predicted octanol–water partition coefficient (Wildman–Crippen LogP) is 3.77. The van der Waals surface area contributed by atoms with Crippen molar-refractivity contribution in [3.05, 3.63) is 54.1 Å². The summed E-state index contributed by atoms with van der Waals surface area (Å²) < 4.78 is 37.2. The lowest BCUT2D eigenvalue weighted by atomic mass is 10.2. The average molecular weight is 321 g/mol. The molecule has 2 aromatic carbocycles. The molecule has 4 nitrogen and oxygen atoms in total. The topological polar surface area (TPSA) is 47.6 Å². The molecule has 23 heavy (non-hydrogen) atoms. The molecule has 6 heteroatoms. The van der Waals surface area contributed by atoms with Crippen molar-refractivity contribution < 1.29 is 23.0 Å². The van der Waals surface area contributed by atoms with Gasteiger partial charge in [0.2, 0.25) is 0 Å². The second-order valence-electron chi connectivity index (χ2n) is 4.81. The van der Waals surface area contributed by atoms with Gasteiger partial charge in [0.15, 0.2) is 6.10 Å². The van der Waals surface area contributed by atoms with Gasteiger partial charge in [0.25, 0.3) is 5.91 Å². The van der Waals surface area contributed by atoms with Crippen molar-refractivity contribution in [1.82, 2.24) is 0 Å². The van der Waals surface area contributed by atoms with E-state index in [2.05, 4.69) is 5.32 Å². The Hall–Kier alpha value is -2.63. The molecule has 0 aliphatic rings. The van der Waals surface area contributed by atoms with Crippen molar-refractivity contribution in [1.29, 1.82) is 0 Å². The van der Waals surface area contributed by atoms with Crippen LogP contribution in [-0.4, -0.2) is 19.1 Å². The number of hydrogen-bond donors (Lipinski definition) is 1. The second kappa shape index (κ2) is 7.58. The minimum atomic E-state index is -0.838. The Morgan fingerprint density at radius 2 is 1.91 bits per heavy atom. The van der Waals surface area contributed by atoms with Crippen molar-refractivity contribution in [3.8, 4) is 11.5 Å². The third-order valence-electron chi connectivity index (χ3n) is 3.17. The van der Waals surface area contributed by atoms with Crippen LogP contribution in [0, 0.1) is 11.6 Å². The van der Waals surface area contributed by atoms with E-state index in [1.807, 2.05) is 0 Å². The van der Waals surface area contributed by atoms with Crippen molar-refractivity contribution in [3.63, 3.8) is 0 Å². The van der Waals surface area contributed by atoms with Gasteiger partial charge < -0.3 is 14.8 Å². The number of rotatable bonds is 6. The maximum Gasteiger partial charge on any atom is 0.265 e. The summed E-state index contributed by atoms with van der Waals surface area (Å²) in [6, 6.07) is 9.77. The summed E-state index contributed by atoms with van der Waals surface area (Å²) >= 11 is 0. The number of ether oxygens (including phenoxy) is 2. The number of carbonyl (C=O) groups excluding carboxylic acids is 1. The lowest BCUT2D eigenvalue weighted by Crippen LogP contribution is -2.32. The molecule has 2 aromatic rings. The molecule has 0 saturated carbocycles. The first-order valence-electron chi connectivity index (χ1n) is 7.10. The SMILES string of the molecule is CC[C@@H](Oc1cccc(OC)c1)C(=O)Nc1ccc(F)cc1F. The Balaban J connectivity index is 2.08. The Bertz CT molecular complexity index is 691. The summed E-state index contributed by atoms with van der Waals surface area (Å²) in [5.41, 5.74) is -0.0934. The zero-order valence-electron chi connectivity index (χ0n) is 12.8. The fourth-order valence-electron chi connectivity index (χ4n) is 1.97. The highest BCUT2D eigenvalue weighted by atomic mass is 19.1. The third-order valence-corrected chi connectivity index (χ3v) is 3.17. The van der Waals surface area contributed by atoms with Crippen molar-refractivity contribution >= 4 is 11.6 Å². The summed E-state index contributed by atoms with van der Waals surface area (Å²) in [5.74, 6) is -0.996. The van der Waals surface area contributed by atoms with Gasteiger partial charge in [-0.1, -0.05) is 13.0 Å². The zero-order valence-corrected chi connectivity index (χ0v) is 12.8. The normalized spacial score (nSPS) is 11.7. The van der Waals surface area contributed by atoms with Gasteiger partial charge in [-0.2, -0.15) is 0 Å². The highest BCUT2D eigenvalue weighted by Gasteiger charge is 2.20. The number of amides is 1. The molecule has 1 amide bonds. The van der Waals surface area contributed by atoms with Crippen molar-refractivity contribution in [2.24, 2.45) is 0 Å². The van der Waals surface area contributed by atoms with Crippen LogP contribution >= 0.6 is 0 Å². The molecule has 1 N–H and O–H groups in total. The molecule has 0 radical (unpaired) electrons. The number of methoxy groups -OCH3 is 1. The predicted molar refractivity (Wildman–Crippen MR) is 82.7 cm³/mol. The first-order valence-corrected chi connectivity index (χ1v) is 7.10. The smallest absolute Gasteiger partial charge is 0.265 e. The van der Waals surface area contributed by atoms with Gasteiger partial charge >= 0.3 is 0 Å². The summed E-state index contributed by atoms with van der Waals surface area (Å²) in [6.07, 6.45) is -0.433. The maximum absolute atomic E-state index is 13.6. The van der Waals surface area contributed by atoms with Gasteiger partial charge in [0.05, 0.1) is 12.8 Å². The van der Waals surface area contributed by atoms with Gasteiger partial charge in [-0.15, -0.1) is 0 Å². The first kappa shape index (κ1) is 16.7. The van der Waals surface area contributed by atoms with Crippen LogP contribution in [0.2, 0.25) is 0 Å². The molecule has 0 aliphatic carbocycles. The minimum absolute atomic E-state index is 0.0934. The molecule has 0 aliphatic heterocycles. The lowest BCUT2D eigenvalue weighted by molar-refractivity contribution is -0.122. The molecule has 0 aromatic heterocycles. The molecule has 0 saturated heterocycles. The fourth-order valence-corrected chi connectivity index (χ4v) is 1.97. The summed E-state index contributed by atoms with van der Waals surface area (Å²) in [5, 5.41) is 2.40. The standard InChI is InChI=1S/C17H17F2NO3/c1-3-16(23-13-6-4-5-12(10-13)22-2)17(21)20-15-8-7-11(18)9-14(15)19/h4-10,16H,3H2,1-2H3,(H,20,21)/t16-/m1/s1. The Morgan fingerprint density at radius 3 is 2.57 bits per heavy atom. The van der Waals surface area contributed by atoms with E-state index in [4.69, 9.17) is 9.47 Å². The van der Waals surface area contributed by atoms with Gasteiger partial charge in [0, 0.05) is 12.1 Å². The van der Waals surface area contributed by atoms with Gasteiger partial charge in [0.1, 0.15) is 23.1 Å². The Labute approximate surface area is 133 Å². The van der Waals surface area contributed by atoms with Gasteiger partial charge in [-0.25, -0.2) is 8.78 Å². The monoisotopic (exact) mass is 321 g/mol. The molecule has 0 fully saturated rings. The van der Waals surface area contributed by atoms with Crippen LogP contribution in [0.25, 0.3) is 0 Å². The third kappa shape index (κ3) is 4.42. The van der Waals surface area contributed by atoms with Crippen LogP contribution in [0.1, 0.15) is 13.3 Å². The number of hydrogen-bond acceptors (Lipinski definition) is 3. The molecular weight excluding hydrogens is 304 g/mol. The minimum Gasteiger partial charge on any atom is -0.497 e. The lowest BCUT2D eigenvalue weighted by Gasteiger charge is -2.18. The molecular formula is C17H17F2NO3. The quantitative estimate of drug-likeness (QED) is 0.881. The number of halogens is 2. The van der Waals surface area contributed by atoms with E-state index >= 15 is 0 Å². The van der Waals surface area contributed by atoms with Crippen LogP contribution in [0.5, 0.6) is 11.5 Å². The summed E-state index contributed by atoms with van der Waals surface area (Å²) in [7, 11) is 1.53. The second-order valence-corrected chi connectivity index (χ2v) is 4.81. The largest absolute Gasteiger partial charge is 0.497 e. The van der Waals surface area contributed by atoms with Crippen molar-refractivity contribution in [2.75, 3.05) is 12.4 Å². The van der Waals surface area contributed by atoms with E-state index in [0.29, 0.717) is 24.0 Å². The summed E-state index contributed by atoms with van der Waals surface area (Å²) in [6.45, 7) is 1.77. The van der Waals surface area contributed by atoms with E-state index in [1.165, 1.54) is 13.2 Å². The van der Waals surface area contributed by atoms with E-state index < -0.39 is 23.6 Å². The Morgan fingerprint density at radius 1 is 1.17 bits per heavy atom. The molecule has 0 spiro atoms. The highest BCUT2D eigenvalue weighted by molar-refractivity contribution is 5.94. The summed E-state index contributed by atoms with van der Waals surface area (Å²) in [4.78, 5) is 12.2. The van der Waals surface area contributed by atoms with E-state index in [-0.39, 0.29) is 5.69 Å². The average Bonchev–Trinajstić information content (AvgIpc) is 2.55. The zero-order chi connectivity index (χ0) is 16.8. The molecule has 0 bridgehead atoms. The van der Waals surface area contributed by atoms with E-state index in [1.54, 1.807) is 31.2 Å². The van der Waals surface area contributed by atoms with E-state index in [0.717, 1.165) is 6.07 Å². The highest BCUT2D eigenvalue weighted by Crippen LogP contribution is 2.21. The molecule has 2 rings (SSSR count). The first-order chi connectivity index (χ1) is 11.0. The fraction of sp³-hybridized carbons (Fsp3) is 0.235. The van der Waals surface area contributed by atoms with Crippen LogP contribution < -0.4 is 14.8 Å². The van der Waals surface area contributed by atoms with Gasteiger partial charge in [-0.05, 0) is 30.7 Å². The molecule has 0 heterocycles. The number of carbonyl (C=O) groups is 1. The van der Waals surface area contributed by atoms with Crippen LogP contribution in [0.3, 0.4) is 0 Å². The van der Waals surface area contributed by atoms with Crippen molar-refractivity contribution in [2.45, 2.75) is 19.4 Å².